The smallest absolute Gasteiger partial charge is 0.231 e. The van der Waals surface area contributed by atoms with Crippen molar-refractivity contribution in [3.8, 4) is 11.3 Å². The number of benzene rings is 2. The second-order valence-corrected chi connectivity index (χ2v) is 8.30. The zero-order valence-corrected chi connectivity index (χ0v) is 16.8. The van der Waals surface area contributed by atoms with Gasteiger partial charge in [0.1, 0.15) is 12.1 Å². The number of sulfonamides is 1. The summed E-state index contributed by atoms with van der Waals surface area (Å²) in [5.74, 6) is 0.608. The first kappa shape index (κ1) is 19.8. The predicted octanol–water partition coefficient (Wildman–Crippen LogP) is 3.43. The summed E-state index contributed by atoms with van der Waals surface area (Å²) in [6, 6.07) is 16.9. The molecule has 1 aromatic heterocycles. The minimum Gasteiger partial charge on any atom is -0.380 e. The van der Waals surface area contributed by atoms with Crippen LogP contribution in [0.5, 0.6) is 0 Å². The van der Waals surface area contributed by atoms with Gasteiger partial charge in [0.05, 0.1) is 24.2 Å². The summed E-state index contributed by atoms with van der Waals surface area (Å²) in [7, 11) is -0.156. The lowest BCUT2D eigenvalue weighted by Gasteiger charge is -2.17. The topological polar surface area (TPSA) is 84.4 Å². The van der Waals surface area contributed by atoms with Crippen LogP contribution in [0.4, 0.5) is 17.2 Å². The number of nitrogens with zero attached hydrogens (tertiary/aromatic N) is 3. The molecule has 0 bridgehead atoms. The van der Waals surface area contributed by atoms with Crippen molar-refractivity contribution in [1.29, 1.82) is 0 Å². The first-order chi connectivity index (χ1) is 13.4. The lowest BCUT2D eigenvalue weighted by molar-refractivity contribution is 0.185. The molecule has 8 heteroatoms. The zero-order valence-electron chi connectivity index (χ0n) is 16.0. The minimum atomic E-state index is -3.33. The Morgan fingerprint density at radius 1 is 1.07 bits per heavy atom. The molecule has 0 unspecified atom stereocenters. The monoisotopic (exact) mass is 398 g/mol. The SMILES string of the molecule is COCc1ccccc1-c1cc(Nc2cccc(N(C)S(C)(=O)=O)c2)ncn1. The summed E-state index contributed by atoms with van der Waals surface area (Å²) in [5.41, 5.74) is 4.07. The highest BCUT2D eigenvalue weighted by atomic mass is 32.2. The van der Waals surface area contributed by atoms with Crippen LogP contribution in [0.25, 0.3) is 11.3 Å². The molecule has 0 saturated carbocycles. The number of aromatic nitrogens is 2. The van der Waals surface area contributed by atoms with Crippen molar-refractivity contribution in [3.63, 3.8) is 0 Å². The summed E-state index contributed by atoms with van der Waals surface area (Å²) in [6.07, 6.45) is 2.66. The van der Waals surface area contributed by atoms with Crippen molar-refractivity contribution >= 4 is 27.2 Å². The number of nitrogens with one attached hydrogen (secondary N) is 1. The summed E-state index contributed by atoms with van der Waals surface area (Å²) in [6.45, 7) is 0.489. The van der Waals surface area contributed by atoms with Crippen molar-refractivity contribution in [1.82, 2.24) is 9.97 Å². The molecule has 0 amide bonds. The van der Waals surface area contributed by atoms with Gasteiger partial charge in [0.25, 0.3) is 0 Å². The van der Waals surface area contributed by atoms with Crippen LogP contribution in [-0.2, 0) is 21.4 Å². The van der Waals surface area contributed by atoms with E-state index in [4.69, 9.17) is 4.74 Å². The van der Waals surface area contributed by atoms with Crippen molar-refractivity contribution in [2.45, 2.75) is 6.61 Å². The highest BCUT2D eigenvalue weighted by Crippen LogP contribution is 2.26. The third-order valence-corrected chi connectivity index (χ3v) is 5.45. The van der Waals surface area contributed by atoms with E-state index in [0.717, 1.165) is 22.5 Å². The van der Waals surface area contributed by atoms with Crippen molar-refractivity contribution in [2.75, 3.05) is 30.0 Å². The second-order valence-electron chi connectivity index (χ2n) is 6.28. The summed E-state index contributed by atoms with van der Waals surface area (Å²) < 4.78 is 30.0. The van der Waals surface area contributed by atoms with Gasteiger partial charge < -0.3 is 10.1 Å². The first-order valence-corrected chi connectivity index (χ1v) is 10.4. The highest BCUT2D eigenvalue weighted by molar-refractivity contribution is 7.92. The average molecular weight is 398 g/mol. The van der Waals surface area contributed by atoms with Gasteiger partial charge in [-0.3, -0.25) is 4.31 Å². The second kappa shape index (κ2) is 8.37. The van der Waals surface area contributed by atoms with Crippen LogP contribution < -0.4 is 9.62 Å². The molecule has 0 saturated heterocycles. The highest BCUT2D eigenvalue weighted by Gasteiger charge is 2.12. The van der Waals surface area contributed by atoms with Gasteiger partial charge in [-0.25, -0.2) is 18.4 Å². The number of hydrogen-bond donors (Lipinski definition) is 1. The lowest BCUT2D eigenvalue weighted by atomic mass is 10.0. The first-order valence-electron chi connectivity index (χ1n) is 8.59. The number of hydrogen-bond acceptors (Lipinski definition) is 6. The Kier molecular flexibility index (Phi) is 5.91. The van der Waals surface area contributed by atoms with E-state index in [2.05, 4.69) is 15.3 Å². The molecule has 3 rings (SSSR count). The van der Waals surface area contributed by atoms with Crippen LogP contribution >= 0.6 is 0 Å². The Hall–Kier alpha value is -2.97. The number of rotatable bonds is 7. The Morgan fingerprint density at radius 2 is 1.86 bits per heavy atom. The Bertz CT molecular complexity index is 1070. The molecule has 1 N–H and O–H groups in total. The molecule has 0 fully saturated rings. The van der Waals surface area contributed by atoms with Gasteiger partial charge in [-0.2, -0.15) is 0 Å². The molecule has 3 aromatic rings. The van der Waals surface area contributed by atoms with E-state index in [0.29, 0.717) is 18.1 Å². The molecule has 2 aromatic carbocycles. The van der Waals surface area contributed by atoms with Crippen LogP contribution in [-0.4, -0.2) is 38.8 Å². The Balaban J connectivity index is 1.89. The predicted molar refractivity (Wildman–Crippen MR) is 111 cm³/mol. The zero-order chi connectivity index (χ0) is 20.1. The molecule has 0 spiro atoms. The number of ether oxygens (including phenoxy) is 1. The molecular formula is C20H22N4O3S. The van der Waals surface area contributed by atoms with E-state index < -0.39 is 10.0 Å². The van der Waals surface area contributed by atoms with Crippen LogP contribution in [0.15, 0.2) is 60.9 Å². The maximum absolute atomic E-state index is 11.8. The lowest BCUT2D eigenvalue weighted by Crippen LogP contribution is -2.24. The van der Waals surface area contributed by atoms with E-state index in [1.807, 2.05) is 36.4 Å². The molecule has 0 radical (unpaired) electrons. The molecular weight excluding hydrogens is 376 g/mol. The van der Waals surface area contributed by atoms with Crippen LogP contribution in [0.1, 0.15) is 5.56 Å². The van der Waals surface area contributed by atoms with E-state index in [1.165, 1.54) is 23.9 Å². The minimum absolute atomic E-state index is 0.489. The number of methoxy groups -OCH3 is 1. The van der Waals surface area contributed by atoms with Crippen LogP contribution in [0.2, 0.25) is 0 Å². The molecule has 7 nitrogen and oxygen atoms in total. The average Bonchev–Trinajstić information content (AvgIpc) is 2.68. The third-order valence-electron chi connectivity index (χ3n) is 4.24. The normalized spacial score (nSPS) is 11.2. The van der Waals surface area contributed by atoms with Crippen LogP contribution in [0, 0.1) is 0 Å². The molecule has 0 atom stereocenters. The third kappa shape index (κ3) is 4.65. The fourth-order valence-electron chi connectivity index (χ4n) is 2.74. The van der Waals surface area contributed by atoms with Gasteiger partial charge in [-0.1, -0.05) is 30.3 Å². The van der Waals surface area contributed by atoms with Gasteiger partial charge in [-0.05, 0) is 23.8 Å². The molecule has 0 aliphatic heterocycles. The summed E-state index contributed by atoms with van der Waals surface area (Å²) in [4.78, 5) is 8.65. The molecule has 28 heavy (non-hydrogen) atoms. The fraction of sp³-hybridized carbons (Fsp3) is 0.200. The molecule has 146 valence electrons. The Labute approximate surface area is 165 Å². The van der Waals surface area contributed by atoms with Crippen LogP contribution in [0.3, 0.4) is 0 Å². The van der Waals surface area contributed by atoms with E-state index in [1.54, 1.807) is 25.3 Å². The van der Waals surface area contributed by atoms with Gasteiger partial charge >= 0.3 is 0 Å². The molecule has 0 aliphatic carbocycles. The quantitative estimate of drug-likeness (QED) is 0.656. The Morgan fingerprint density at radius 3 is 2.61 bits per heavy atom. The fourth-order valence-corrected chi connectivity index (χ4v) is 3.24. The maximum Gasteiger partial charge on any atom is 0.231 e. The molecule has 1 heterocycles. The largest absolute Gasteiger partial charge is 0.380 e. The van der Waals surface area contributed by atoms with E-state index in [-0.39, 0.29) is 0 Å². The van der Waals surface area contributed by atoms with Crippen molar-refractivity contribution < 1.29 is 13.2 Å². The van der Waals surface area contributed by atoms with Crippen molar-refractivity contribution in [3.05, 3.63) is 66.5 Å². The summed E-state index contributed by atoms with van der Waals surface area (Å²) >= 11 is 0. The van der Waals surface area contributed by atoms with Gasteiger partial charge in [0.2, 0.25) is 10.0 Å². The standard InChI is InChI=1S/C20H22N4O3S/c1-24(28(3,25)26)17-9-6-8-16(11-17)23-20-12-19(21-14-22-20)18-10-5-4-7-15(18)13-27-2/h4-12,14H,13H2,1-3H3,(H,21,22,23). The number of anilines is 3. The van der Waals surface area contributed by atoms with Gasteiger partial charge in [-0.15, -0.1) is 0 Å². The summed E-state index contributed by atoms with van der Waals surface area (Å²) in [5, 5.41) is 3.21. The van der Waals surface area contributed by atoms with E-state index in [9.17, 15) is 8.42 Å². The van der Waals surface area contributed by atoms with Gasteiger partial charge in [0.15, 0.2) is 0 Å². The maximum atomic E-state index is 11.8. The van der Waals surface area contributed by atoms with Gasteiger partial charge in [0, 0.05) is 31.5 Å². The molecule has 0 aliphatic rings. The van der Waals surface area contributed by atoms with E-state index >= 15 is 0 Å². The van der Waals surface area contributed by atoms with Crippen molar-refractivity contribution in [2.24, 2.45) is 0 Å².